The number of aromatic nitrogens is 1. The number of aryl methyl sites for hydroxylation is 1. The van der Waals surface area contributed by atoms with Gasteiger partial charge in [-0.15, -0.1) is 11.3 Å². The molecule has 0 fully saturated rings. The molecule has 0 N–H and O–H groups in total. The Morgan fingerprint density at radius 1 is 1.35 bits per heavy atom. The number of rotatable bonds is 6. The van der Waals surface area contributed by atoms with E-state index in [9.17, 15) is 5.26 Å². The van der Waals surface area contributed by atoms with Crippen LogP contribution in [0.4, 0.5) is 0 Å². The zero-order chi connectivity index (χ0) is 16.8. The average Bonchev–Trinajstić information content (AvgIpc) is 3.00. The van der Waals surface area contributed by atoms with Crippen molar-refractivity contribution in [3.05, 3.63) is 39.8 Å². The Morgan fingerprint density at radius 3 is 2.70 bits per heavy atom. The molecule has 0 aliphatic carbocycles. The molecular weight excluding hydrogens is 310 g/mol. The fraction of sp³-hybridized carbons (Fsp3) is 0.353. The summed E-state index contributed by atoms with van der Waals surface area (Å²) in [6.45, 7) is 3.87. The fourth-order valence-corrected chi connectivity index (χ4v) is 2.93. The molecule has 0 radical (unpaired) electrons. The molecule has 1 aromatic heterocycles. The molecule has 0 spiro atoms. The SMILES string of the molecule is COc1ccc(OC)c([C@@H](C)N=C[C@@H](C#N)c2nc(C)cs2)c1. The van der Waals surface area contributed by atoms with Gasteiger partial charge in [0.2, 0.25) is 0 Å². The van der Waals surface area contributed by atoms with E-state index in [0.29, 0.717) is 0 Å². The largest absolute Gasteiger partial charge is 0.497 e. The normalized spacial score (nSPS) is 13.5. The van der Waals surface area contributed by atoms with E-state index in [1.807, 2.05) is 37.4 Å². The summed E-state index contributed by atoms with van der Waals surface area (Å²) >= 11 is 1.47. The number of ether oxygens (including phenoxy) is 2. The van der Waals surface area contributed by atoms with Crippen molar-refractivity contribution in [2.45, 2.75) is 25.8 Å². The van der Waals surface area contributed by atoms with Gasteiger partial charge in [0.05, 0.1) is 26.3 Å². The van der Waals surface area contributed by atoms with Gasteiger partial charge in [-0.1, -0.05) is 0 Å². The highest BCUT2D eigenvalue weighted by Crippen LogP contribution is 2.31. The Bertz CT molecular complexity index is 734. The van der Waals surface area contributed by atoms with E-state index in [0.717, 1.165) is 27.8 Å². The lowest BCUT2D eigenvalue weighted by molar-refractivity contribution is 0.396. The molecular formula is C17H19N3O2S. The van der Waals surface area contributed by atoms with Crippen molar-refractivity contribution in [2.75, 3.05) is 14.2 Å². The minimum absolute atomic E-state index is 0.156. The third-order valence-electron chi connectivity index (χ3n) is 3.39. The Kier molecular flexibility index (Phi) is 5.72. The quantitative estimate of drug-likeness (QED) is 0.754. The molecule has 0 saturated heterocycles. The van der Waals surface area contributed by atoms with Crippen molar-refractivity contribution < 1.29 is 9.47 Å². The molecule has 0 aliphatic rings. The Hall–Kier alpha value is -2.39. The monoisotopic (exact) mass is 329 g/mol. The van der Waals surface area contributed by atoms with Crippen LogP contribution in [-0.4, -0.2) is 25.4 Å². The summed E-state index contributed by atoms with van der Waals surface area (Å²) < 4.78 is 10.6. The molecule has 0 aliphatic heterocycles. The van der Waals surface area contributed by atoms with Crippen LogP contribution in [0.5, 0.6) is 11.5 Å². The fourth-order valence-electron chi connectivity index (χ4n) is 2.13. The van der Waals surface area contributed by atoms with Gasteiger partial charge < -0.3 is 9.47 Å². The van der Waals surface area contributed by atoms with E-state index in [1.165, 1.54) is 11.3 Å². The summed E-state index contributed by atoms with van der Waals surface area (Å²) in [5.41, 5.74) is 1.83. The Morgan fingerprint density at radius 2 is 2.13 bits per heavy atom. The zero-order valence-electron chi connectivity index (χ0n) is 13.6. The van der Waals surface area contributed by atoms with Gasteiger partial charge >= 0.3 is 0 Å². The Labute approximate surface area is 140 Å². The van der Waals surface area contributed by atoms with Crippen molar-refractivity contribution >= 4 is 17.6 Å². The molecule has 23 heavy (non-hydrogen) atoms. The van der Waals surface area contributed by atoms with Gasteiger partial charge in [0, 0.05) is 22.9 Å². The van der Waals surface area contributed by atoms with Crippen LogP contribution in [0.3, 0.4) is 0 Å². The number of methoxy groups -OCH3 is 2. The van der Waals surface area contributed by atoms with Crippen LogP contribution in [0.25, 0.3) is 0 Å². The van der Waals surface area contributed by atoms with Crippen molar-refractivity contribution in [3.63, 3.8) is 0 Å². The molecule has 1 aromatic carbocycles. The van der Waals surface area contributed by atoms with E-state index >= 15 is 0 Å². The number of nitriles is 1. The van der Waals surface area contributed by atoms with Crippen LogP contribution >= 0.6 is 11.3 Å². The summed E-state index contributed by atoms with van der Waals surface area (Å²) in [7, 11) is 3.24. The molecule has 6 heteroatoms. The van der Waals surface area contributed by atoms with E-state index in [2.05, 4.69) is 16.0 Å². The highest BCUT2D eigenvalue weighted by molar-refractivity contribution is 7.09. The molecule has 1 heterocycles. The van der Waals surface area contributed by atoms with Gasteiger partial charge in [-0.3, -0.25) is 4.99 Å². The van der Waals surface area contributed by atoms with Crippen LogP contribution < -0.4 is 9.47 Å². The van der Waals surface area contributed by atoms with Crippen LogP contribution in [0.1, 0.15) is 35.1 Å². The topological polar surface area (TPSA) is 67.5 Å². The number of thiazole rings is 1. The van der Waals surface area contributed by atoms with Crippen LogP contribution in [0, 0.1) is 18.3 Å². The lowest BCUT2D eigenvalue weighted by atomic mass is 10.1. The van der Waals surface area contributed by atoms with Crippen molar-refractivity contribution in [1.82, 2.24) is 4.98 Å². The number of aliphatic imine (C=N–C) groups is 1. The predicted octanol–water partition coefficient (Wildman–Crippen LogP) is 3.91. The second kappa shape index (κ2) is 7.75. The van der Waals surface area contributed by atoms with Gasteiger partial charge in [-0.2, -0.15) is 5.26 Å². The summed E-state index contributed by atoms with van der Waals surface area (Å²) in [6, 6.07) is 7.67. The summed E-state index contributed by atoms with van der Waals surface area (Å²) in [5, 5.41) is 12.0. The first-order chi connectivity index (χ1) is 11.1. The smallest absolute Gasteiger partial charge is 0.133 e. The summed E-state index contributed by atoms with van der Waals surface area (Å²) in [6.07, 6.45) is 1.65. The highest BCUT2D eigenvalue weighted by Gasteiger charge is 2.15. The van der Waals surface area contributed by atoms with Gasteiger partial charge in [0.25, 0.3) is 0 Å². The van der Waals surface area contributed by atoms with Crippen LogP contribution in [-0.2, 0) is 0 Å². The molecule has 120 valence electrons. The van der Waals surface area contributed by atoms with Gasteiger partial charge in [-0.25, -0.2) is 4.98 Å². The molecule has 2 atom stereocenters. The third kappa shape index (κ3) is 4.08. The van der Waals surface area contributed by atoms with Crippen LogP contribution in [0.2, 0.25) is 0 Å². The van der Waals surface area contributed by atoms with E-state index in [4.69, 9.17) is 9.47 Å². The number of benzene rings is 1. The molecule has 2 rings (SSSR count). The third-order valence-corrected chi connectivity index (χ3v) is 4.43. The number of hydrogen-bond donors (Lipinski definition) is 0. The molecule has 0 unspecified atom stereocenters. The molecule has 0 amide bonds. The van der Waals surface area contributed by atoms with Crippen LogP contribution in [0.15, 0.2) is 28.6 Å². The van der Waals surface area contributed by atoms with Crippen molar-refractivity contribution in [1.29, 1.82) is 5.26 Å². The van der Waals surface area contributed by atoms with E-state index in [-0.39, 0.29) is 6.04 Å². The number of hydrogen-bond acceptors (Lipinski definition) is 6. The zero-order valence-corrected chi connectivity index (χ0v) is 14.4. The molecule has 5 nitrogen and oxygen atoms in total. The maximum absolute atomic E-state index is 9.34. The molecule has 0 saturated carbocycles. The van der Waals surface area contributed by atoms with Gasteiger partial charge in [-0.05, 0) is 32.0 Å². The van der Waals surface area contributed by atoms with Gasteiger partial charge in [0.15, 0.2) is 0 Å². The average molecular weight is 329 g/mol. The minimum atomic E-state index is -0.437. The van der Waals surface area contributed by atoms with Crippen molar-refractivity contribution in [3.8, 4) is 17.6 Å². The summed E-state index contributed by atoms with van der Waals surface area (Å²) in [4.78, 5) is 8.87. The summed E-state index contributed by atoms with van der Waals surface area (Å²) in [5.74, 6) is 1.05. The van der Waals surface area contributed by atoms with Crippen molar-refractivity contribution in [2.24, 2.45) is 4.99 Å². The maximum atomic E-state index is 9.34. The first-order valence-electron chi connectivity index (χ1n) is 7.16. The second-order valence-electron chi connectivity index (χ2n) is 5.02. The highest BCUT2D eigenvalue weighted by atomic mass is 32.1. The first-order valence-corrected chi connectivity index (χ1v) is 8.03. The maximum Gasteiger partial charge on any atom is 0.133 e. The first kappa shape index (κ1) is 17.0. The lowest BCUT2D eigenvalue weighted by Crippen LogP contribution is -2.01. The second-order valence-corrected chi connectivity index (χ2v) is 5.91. The van der Waals surface area contributed by atoms with Gasteiger partial charge in [0.1, 0.15) is 22.4 Å². The standard InChI is InChI=1S/C17H19N3O2S/c1-11-10-23-17(20-11)13(8-18)9-19-12(2)15-7-14(21-3)5-6-16(15)22-4/h5-7,9-10,12-13H,1-4H3/t12-,13-/m1/s1. The lowest BCUT2D eigenvalue weighted by Gasteiger charge is -2.14. The minimum Gasteiger partial charge on any atom is -0.497 e. The Balaban J connectivity index is 2.23. The number of nitrogens with zero attached hydrogens (tertiary/aromatic N) is 3. The predicted molar refractivity (Wildman–Crippen MR) is 91.7 cm³/mol. The molecule has 0 bridgehead atoms. The molecule has 2 aromatic rings. The van der Waals surface area contributed by atoms with E-state index in [1.54, 1.807) is 20.4 Å². The van der Waals surface area contributed by atoms with E-state index < -0.39 is 5.92 Å².